The lowest BCUT2D eigenvalue weighted by atomic mass is 9.93. The fraction of sp³-hybridized carbons (Fsp3) is 0.0455. The Morgan fingerprint density at radius 2 is 1.82 bits per heavy atom. The van der Waals surface area contributed by atoms with Crippen LogP contribution in [-0.4, -0.2) is 32.2 Å². The van der Waals surface area contributed by atoms with E-state index in [1.54, 1.807) is 0 Å². The first kappa shape index (κ1) is 22.4. The highest BCUT2D eigenvalue weighted by atomic mass is 35.5. The van der Waals surface area contributed by atoms with Gasteiger partial charge in [-0.1, -0.05) is 46.9 Å². The van der Waals surface area contributed by atoms with E-state index in [4.69, 9.17) is 39.9 Å². The Morgan fingerprint density at radius 3 is 2.56 bits per heavy atom. The number of rotatable bonds is 3. The predicted molar refractivity (Wildman–Crippen MR) is 125 cm³/mol. The fourth-order valence-corrected chi connectivity index (χ4v) is 4.78. The molecule has 172 valence electrons. The molecule has 34 heavy (non-hydrogen) atoms. The van der Waals surface area contributed by atoms with Crippen LogP contribution in [0.5, 0.6) is 0 Å². The molecule has 1 aliphatic heterocycles. The summed E-state index contributed by atoms with van der Waals surface area (Å²) in [7, 11) is 0. The minimum atomic E-state index is -2.29. The van der Waals surface area contributed by atoms with Crippen molar-refractivity contribution in [3.8, 4) is 0 Å². The molecule has 3 aromatic carbocycles. The first-order chi connectivity index (χ1) is 16.1. The maximum atomic E-state index is 15.1. The molecule has 1 atom stereocenters. The molecule has 5 rings (SSSR count). The van der Waals surface area contributed by atoms with E-state index >= 15 is 4.39 Å². The van der Waals surface area contributed by atoms with Gasteiger partial charge < -0.3 is 15.2 Å². The van der Waals surface area contributed by atoms with E-state index in [1.807, 2.05) is 0 Å². The molecule has 4 aromatic rings. The lowest BCUT2D eigenvalue weighted by molar-refractivity contribution is 0.0699. The number of hydrogen-bond donors (Lipinski definition) is 4. The molecule has 0 fully saturated rings. The molecular weight excluding hydrogens is 510 g/mol. The zero-order valence-corrected chi connectivity index (χ0v) is 19.0. The summed E-state index contributed by atoms with van der Waals surface area (Å²) in [5, 5.41) is 23.0. The molecule has 4 N–H and O–H groups in total. The zero-order valence-electron chi connectivity index (χ0n) is 16.7. The number of anilines is 2. The van der Waals surface area contributed by atoms with Gasteiger partial charge in [0.15, 0.2) is 5.82 Å². The number of carbonyl (C=O) groups is 2. The molecule has 12 heteroatoms. The van der Waals surface area contributed by atoms with Crippen molar-refractivity contribution < 1.29 is 24.2 Å². The minimum absolute atomic E-state index is 0.0170. The predicted octanol–water partition coefficient (Wildman–Crippen LogP) is 5.61. The number of carboxylic acid groups (broad SMARTS) is 1. The topological polar surface area (TPSA) is 119 Å². The van der Waals surface area contributed by atoms with Crippen LogP contribution in [0.2, 0.25) is 15.1 Å². The Morgan fingerprint density at radius 1 is 1.09 bits per heavy atom. The number of halogens is 4. The normalized spacial score (nSPS) is 17.3. The van der Waals surface area contributed by atoms with Crippen LogP contribution in [0, 0.1) is 5.82 Å². The van der Waals surface area contributed by atoms with Crippen molar-refractivity contribution in [2.45, 2.75) is 5.72 Å². The molecule has 2 heterocycles. The van der Waals surface area contributed by atoms with E-state index in [2.05, 4.69) is 15.3 Å². The number of amides is 2. The van der Waals surface area contributed by atoms with Gasteiger partial charge >= 0.3 is 6.09 Å². The number of benzene rings is 3. The van der Waals surface area contributed by atoms with Gasteiger partial charge in [0, 0.05) is 16.1 Å². The number of nitrogens with one attached hydrogen (secondary N) is 2. The van der Waals surface area contributed by atoms with E-state index in [0.717, 1.165) is 4.90 Å². The van der Waals surface area contributed by atoms with Gasteiger partial charge in [0.1, 0.15) is 0 Å². The number of aliphatic hydroxyl groups is 1. The molecule has 0 saturated carbocycles. The van der Waals surface area contributed by atoms with Crippen molar-refractivity contribution in [3.05, 3.63) is 86.1 Å². The summed E-state index contributed by atoms with van der Waals surface area (Å²) >= 11 is 18.7. The van der Waals surface area contributed by atoms with Crippen LogP contribution >= 0.6 is 34.8 Å². The standard InChI is InChI=1S/C22H12Cl3FN4O4/c23-10-5-6-11(24)17-16(10)19(31)30(15-3-1-2-12(25)18(15)26)22(17,34)9-4-7-13-14(8-9)28-20(27-13)29-21(32)33/h1-8,34H,(H,32,33)(H2,27,28,29). The van der Waals surface area contributed by atoms with Gasteiger partial charge in [0.2, 0.25) is 11.7 Å². The number of carbonyl (C=O) groups excluding carboxylic acids is 1. The zero-order chi connectivity index (χ0) is 24.4. The molecule has 0 spiro atoms. The Kier molecular flexibility index (Phi) is 5.18. The highest BCUT2D eigenvalue weighted by Crippen LogP contribution is 2.50. The first-order valence-electron chi connectivity index (χ1n) is 9.62. The Bertz CT molecular complexity index is 1530. The fourth-order valence-electron chi connectivity index (χ4n) is 4.08. The molecule has 0 bridgehead atoms. The lowest BCUT2D eigenvalue weighted by Gasteiger charge is -2.35. The van der Waals surface area contributed by atoms with Crippen LogP contribution < -0.4 is 10.2 Å². The van der Waals surface area contributed by atoms with Gasteiger partial charge in [-0.2, -0.15) is 0 Å². The second-order valence-electron chi connectivity index (χ2n) is 7.41. The third-order valence-corrected chi connectivity index (χ3v) is 6.40. The highest BCUT2D eigenvalue weighted by Gasteiger charge is 2.54. The van der Waals surface area contributed by atoms with Gasteiger partial charge in [-0.25, -0.2) is 14.2 Å². The SMILES string of the molecule is O=C(O)Nc1nc2ccc(C3(O)c4c(Cl)ccc(Cl)c4C(=O)N3c3cccc(Cl)c3F)cc2[nH]1. The number of fused-ring (bicyclic) bond motifs is 2. The Labute approximate surface area is 205 Å². The summed E-state index contributed by atoms with van der Waals surface area (Å²) in [5.74, 6) is -1.76. The second kappa shape index (κ2) is 7.85. The van der Waals surface area contributed by atoms with Crippen molar-refractivity contribution in [2.24, 2.45) is 0 Å². The molecule has 2 amide bonds. The van der Waals surface area contributed by atoms with Crippen LogP contribution in [0.25, 0.3) is 11.0 Å². The summed E-state index contributed by atoms with van der Waals surface area (Å²) in [4.78, 5) is 32.2. The van der Waals surface area contributed by atoms with Gasteiger partial charge in [-0.3, -0.25) is 15.0 Å². The van der Waals surface area contributed by atoms with Crippen LogP contribution in [0.15, 0.2) is 48.5 Å². The molecule has 0 radical (unpaired) electrons. The number of aromatic nitrogens is 2. The highest BCUT2D eigenvalue weighted by molar-refractivity contribution is 6.38. The third kappa shape index (κ3) is 3.20. The lowest BCUT2D eigenvalue weighted by Crippen LogP contribution is -2.45. The smallest absolute Gasteiger partial charge is 0.411 e. The van der Waals surface area contributed by atoms with Gasteiger partial charge in [-0.05, 0) is 36.4 Å². The number of H-pyrrole nitrogens is 1. The Hall–Kier alpha value is -3.37. The molecule has 1 unspecified atom stereocenters. The largest absolute Gasteiger partial charge is 0.465 e. The van der Waals surface area contributed by atoms with E-state index in [0.29, 0.717) is 11.0 Å². The number of imidazole rings is 1. The molecule has 0 aliphatic carbocycles. The maximum Gasteiger partial charge on any atom is 0.411 e. The molecule has 1 aromatic heterocycles. The summed E-state index contributed by atoms with van der Waals surface area (Å²) < 4.78 is 15.1. The monoisotopic (exact) mass is 520 g/mol. The van der Waals surface area contributed by atoms with Gasteiger partial charge in [0.05, 0.1) is 32.3 Å². The number of aromatic amines is 1. The maximum absolute atomic E-state index is 15.1. The first-order valence-corrected chi connectivity index (χ1v) is 10.8. The summed E-state index contributed by atoms with van der Waals surface area (Å²) in [6.45, 7) is 0. The third-order valence-electron chi connectivity index (χ3n) is 5.47. The Balaban J connectivity index is 1.80. The van der Waals surface area contributed by atoms with Crippen molar-refractivity contribution in [1.82, 2.24) is 9.97 Å². The average molecular weight is 522 g/mol. The van der Waals surface area contributed by atoms with Crippen LogP contribution in [0.1, 0.15) is 21.5 Å². The van der Waals surface area contributed by atoms with E-state index in [9.17, 15) is 14.7 Å². The van der Waals surface area contributed by atoms with E-state index < -0.39 is 23.5 Å². The average Bonchev–Trinajstić information content (AvgIpc) is 3.28. The van der Waals surface area contributed by atoms with Crippen LogP contribution in [0.4, 0.5) is 20.8 Å². The van der Waals surface area contributed by atoms with Gasteiger partial charge in [-0.15, -0.1) is 0 Å². The summed E-state index contributed by atoms with van der Waals surface area (Å²) in [6, 6.07) is 11.3. The van der Waals surface area contributed by atoms with E-state index in [-0.39, 0.29) is 43.4 Å². The second-order valence-corrected chi connectivity index (χ2v) is 8.63. The molecule has 1 aliphatic rings. The van der Waals surface area contributed by atoms with Crippen LogP contribution in [0.3, 0.4) is 0 Å². The molecule has 8 nitrogen and oxygen atoms in total. The molecule has 0 saturated heterocycles. The summed E-state index contributed by atoms with van der Waals surface area (Å²) in [6.07, 6.45) is -1.32. The van der Waals surface area contributed by atoms with Crippen molar-refractivity contribution >= 4 is 69.5 Å². The number of hydrogen-bond acceptors (Lipinski definition) is 4. The van der Waals surface area contributed by atoms with Crippen molar-refractivity contribution in [1.29, 1.82) is 0 Å². The minimum Gasteiger partial charge on any atom is -0.465 e. The number of nitrogens with zero attached hydrogens (tertiary/aromatic N) is 2. The van der Waals surface area contributed by atoms with E-state index in [1.165, 1.54) is 48.5 Å². The van der Waals surface area contributed by atoms with Gasteiger partial charge in [0.25, 0.3) is 5.91 Å². The summed E-state index contributed by atoms with van der Waals surface area (Å²) in [5.41, 5.74) is -1.89. The van der Waals surface area contributed by atoms with Crippen LogP contribution in [-0.2, 0) is 5.72 Å². The van der Waals surface area contributed by atoms with Crippen molar-refractivity contribution in [2.75, 3.05) is 10.2 Å². The molecular formula is C22H12Cl3FN4O4. The van der Waals surface area contributed by atoms with Crippen molar-refractivity contribution in [3.63, 3.8) is 0 Å². The quantitative estimate of drug-likeness (QED) is 0.280.